The average Bonchev–Trinajstić information content (AvgIpc) is 2.34. The molecule has 0 saturated carbocycles. The number of hydrogen-bond acceptors (Lipinski definition) is 2. The largest absolute Gasteiger partial charge is 0.315 e. The van der Waals surface area contributed by atoms with E-state index >= 15 is 0 Å². The van der Waals surface area contributed by atoms with Gasteiger partial charge in [-0.1, -0.05) is 48.8 Å². The van der Waals surface area contributed by atoms with E-state index in [4.69, 9.17) is 5.26 Å². The second kappa shape index (κ2) is 6.92. The van der Waals surface area contributed by atoms with E-state index in [-0.39, 0.29) is 11.3 Å². The van der Waals surface area contributed by atoms with E-state index in [9.17, 15) is 0 Å². The van der Waals surface area contributed by atoms with Crippen LogP contribution in [0.4, 0.5) is 0 Å². The molecule has 0 aromatic heterocycles. The van der Waals surface area contributed by atoms with Crippen LogP contribution in [-0.4, -0.2) is 13.1 Å². The number of hydrogen-bond donors (Lipinski definition) is 1. The lowest BCUT2D eigenvalue weighted by molar-refractivity contribution is 0.444. The lowest BCUT2D eigenvalue weighted by Gasteiger charge is -2.26. The first-order valence-electron chi connectivity index (χ1n) is 6.36. The highest BCUT2D eigenvalue weighted by atomic mass is 79.9. The fraction of sp³-hybridized carbons (Fsp3) is 0.533. The van der Waals surface area contributed by atoms with Crippen LogP contribution in [0.25, 0.3) is 0 Å². The van der Waals surface area contributed by atoms with E-state index < -0.39 is 0 Å². The summed E-state index contributed by atoms with van der Waals surface area (Å²) in [6.07, 6.45) is 0.904. The van der Waals surface area contributed by atoms with E-state index in [0.29, 0.717) is 0 Å². The number of benzene rings is 1. The van der Waals surface area contributed by atoms with Crippen LogP contribution >= 0.6 is 15.9 Å². The number of nitrogens with zero attached hydrogens (tertiary/aromatic N) is 1. The highest BCUT2D eigenvalue weighted by Gasteiger charge is 2.20. The Morgan fingerprint density at radius 1 is 1.44 bits per heavy atom. The van der Waals surface area contributed by atoms with Crippen LogP contribution in [0.15, 0.2) is 28.7 Å². The van der Waals surface area contributed by atoms with Crippen LogP contribution in [-0.2, 0) is 5.41 Å². The molecule has 1 rings (SSSR count). The summed E-state index contributed by atoms with van der Waals surface area (Å²) in [4.78, 5) is 0. The Labute approximate surface area is 119 Å². The molecule has 0 saturated heterocycles. The van der Waals surface area contributed by atoms with Crippen LogP contribution in [0.2, 0.25) is 0 Å². The molecule has 1 aromatic rings. The summed E-state index contributed by atoms with van der Waals surface area (Å²) in [5, 5.41) is 12.3. The molecule has 0 bridgehead atoms. The summed E-state index contributed by atoms with van der Waals surface area (Å²) >= 11 is 3.50. The summed E-state index contributed by atoms with van der Waals surface area (Å²) in [5.41, 5.74) is 1.37. The predicted molar refractivity (Wildman–Crippen MR) is 79.4 cm³/mol. The van der Waals surface area contributed by atoms with Gasteiger partial charge in [-0.15, -0.1) is 0 Å². The van der Waals surface area contributed by atoms with Gasteiger partial charge in [0.2, 0.25) is 0 Å². The first kappa shape index (κ1) is 15.2. The molecule has 0 amide bonds. The van der Waals surface area contributed by atoms with E-state index in [1.54, 1.807) is 0 Å². The monoisotopic (exact) mass is 308 g/mol. The molecule has 1 N–H and O–H groups in total. The third-order valence-corrected chi connectivity index (χ3v) is 3.73. The molecule has 1 atom stereocenters. The summed E-state index contributed by atoms with van der Waals surface area (Å²) < 4.78 is 1.11. The van der Waals surface area contributed by atoms with E-state index in [1.165, 1.54) is 5.56 Å². The maximum Gasteiger partial charge on any atom is 0.0669 e. The number of nitrogens with one attached hydrogen (secondary N) is 1. The van der Waals surface area contributed by atoms with Crippen molar-refractivity contribution in [2.75, 3.05) is 13.1 Å². The van der Waals surface area contributed by atoms with Crippen LogP contribution in [0.5, 0.6) is 0 Å². The zero-order chi connectivity index (χ0) is 13.6. The molecule has 18 heavy (non-hydrogen) atoms. The molecule has 0 radical (unpaired) electrons. The lowest BCUT2D eigenvalue weighted by atomic mass is 9.84. The van der Waals surface area contributed by atoms with Crippen molar-refractivity contribution < 1.29 is 0 Å². The van der Waals surface area contributed by atoms with Crippen molar-refractivity contribution in [3.8, 4) is 6.07 Å². The quantitative estimate of drug-likeness (QED) is 0.866. The third kappa shape index (κ3) is 4.44. The summed E-state index contributed by atoms with van der Waals surface area (Å²) in [6, 6.07) is 10.7. The molecule has 0 heterocycles. The van der Waals surface area contributed by atoms with Crippen LogP contribution in [0.1, 0.15) is 32.8 Å². The number of nitriles is 1. The fourth-order valence-electron chi connectivity index (χ4n) is 1.85. The maximum absolute atomic E-state index is 8.91. The van der Waals surface area contributed by atoms with Gasteiger partial charge in [0.15, 0.2) is 0 Å². The Hall–Kier alpha value is -0.850. The van der Waals surface area contributed by atoms with Gasteiger partial charge in [-0.05, 0) is 24.1 Å². The Balaban J connectivity index is 2.57. The average molecular weight is 309 g/mol. The van der Waals surface area contributed by atoms with Crippen molar-refractivity contribution in [1.29, 1.82) is 5.26 Å². The second-order valence-corrected chi connectivity index (χ2v) is 6.18. The third-order valence-electron chi connectivity index (χ3n) is 3.24. The minimum Gasteiger partial charge on any atom is -0.315 e. The maximum atomic E-state index is 8.91. The minimum absolute atomic E-state index is 0.0670. The van der Waals surface area contributed by atoms with Gasteiger partial charge in [-0.2, -0.15) is 5.26 Å². The van der Waals surface area contributed by atoms with Crippen molar-refractivity contribution in [1.82, 2.24) is 5.32 Å². The van der Waals surface area contributed by atoms with Gasteiger partial charge in [0, 0.05) is 23.0 Å². The zero-order valence-corrected chi connectivity index (χ0v) is 12.9. The molecule has 1 unspecified atom stereocenters. The molecule has 1 aromatic carbocycles. The lowest BCUT2D eigenvalue weighted by Crippen LogP contribution is -2.35. The second-order valence-electron chi connectivity index (χ2n) is 5.26. The smallest absolute Gasteiger partial charge is 0.0669 e. The zero-order valence-electron chi connectivity index (χ0n) is 11.3. The Morgan fingerprint density at radius 3 is 2.72 bits per heavy atom. The van der Waals surface area contributed by atoms with Crippen molar-refractivity contribution in [2.24, 2.45) is 5.92 Å². The highest BCUT2D eigenvalue weighted by Crippen LogP contribution is 2.25. The molecular weight excluding hydrogens is 288 g/mol. The van der Waals surface area contributed by atoms with Crippen molar-refractivity contribution >= 4 is 15.9 Å². The molecule has 0 spiro atoms. The van der Waals surface area contributed by atoms with Crippen LogP contribution < -0.4 is 5.32 Å². The topological polar surface area (TPSA) is 35.8 Å². The normalized spacial score (nSPS) is 13.1. The standard InChI is InChI=1S/C15H21BrN2/c1-4-12(9-17)10-18-11-15(2,3)13-6-5-7-14(16)8-13/h5-8,12,18H,4,10-11H2,1-3H3. The van der Waals surface area contributed by atoms with Gasteiger partial charge in [-0.3, -0.25) is 0 Å². The van der Waals surface area contributed by atoms with Gasteiger partial charge in [0.05, 0.1) is 12.0 Å². The number of rotatable bonds is 6. The predicted octanol–water partition coefficient (Wildman–Crippen LogP) is 3.87. The SMILES string of the molecule is CCC(C#N)CNCC(C)(C)c1cccc(Br)c1. The van der Waals surface area contributed by atoms with Gasteiger partial charge >= 0.3 is 0 Å². The first-order valence-corrected chi connectivity index (χ1v) is 7.15. The first-order chi connectivity index (χ1) is 8.49. The van der Waals surface area contributed by atoms with E-state index in [0.717, 1.165) is 24.0 Å². The summed E-state index contributed by atoms with van der Waals surface area (Å²) in [7, 11) is 0. The van der Waals surface area contributed by atoms with Crippen molar-refractivity contribution in [3.63, 3.8) is 0 Å². The molecule has 2 nitrogen and oxygen atoms in total. The van der Waals surface area contributed by atoms with Gasteiger partial charge in [0.1, 0.15) is 0 Å². The van der Waals surface area contributed by atoms with Crippen LogP contribution in [0, 0.1) is 17.2 Å². The Bertz CT molecular complexity index is 421. The minimum atomic E-state index is 0.0670. The molecule has 0 aliphatic carbocycles. The fourth-order valence-corrected chi connectivity index (χ4v) is 2.25. The van der Waals surface area contributed by atoms with Crippen molar-refractivity contribution in [3.05, 3.63) is 34.3 Å². The molecule has 0 aliphatic heterocycles. The molecular formula is C15H21BrN2. The van der Waals surface area contributed by atoms with Gasteiger partial charge in [-0.25, -0.2) is 0 Å². The Morgan fingerprint density at radius 2 is 2.17 bits per heavy atom. The Kier molecular flexibility index (Phi) is 5.84. The van der Waals surface area contributed by atoms with Gasteiger partial charge < -0.3 is 5.32 Å². The van der Waals surface area contributed by atoms with E-state index in [1.807, 2.05) is 6.07 Å². The summed E-state index contributed by atoms with van der Waals surface area (Å²) in [6.45, 7) is 8.13. The van der Waals surface area contributed by atoms with Gasteiger partial charge in [0.25, 0.3) is 0 Å². The van der Waals surface area contributed by atoms with Crippen molar-refractivity contribution in [2.45, 2.75) is 32.6 Å². The molecule has 98 valence electrons. The molecule has 3 heteroatoms. The molecule has 0 aliphatic rings. The highest BCUT2D eigenvalue weighted by molar-refractivity contribution is 9.10. The van der Waals surface area contributed by atoms with E-state index in [2.05, 4.69) is 66.3 Å². The van der Waals surface area contributed by atoms with Crippen LogP contribution in [0.3, 0.4) is 0 Å². The summed E-state index contributed by atoms with van der Waals surface area (Å²) in [5.74, 6) is 0.114. The number of halogens is 1. The molecule has 0 fully saturated rings.